The van der Waals surface area contributed by atoms with E-state index in [9.17, 15) is 13.2 Å². The number of benzene rings is 1. The van der Waals surface area contributed by atoms with Crippen molar-refractivity contribution >= 4 is 11.4 Å². The van der Waals surface area contributed by atoms with Gasteiger partial charge in [0.15, 0.2) is 11.6 Å². The quantitative estimate of drug-likeness (QED) is 0.752. The van der Waals surface area contributed by atoms with E-state index < -0.39 is 17.5 Å². The van der Waals surface area contributed by atoms with Gasteiger partial charge in [-0.2, -0.15) is 5.10 Å². The number of hydrogen-bond acceptors (Lipinski definition) is 2. The molecule has 1 aromatic carbocycles. The number of halogens is 3. The van der Waals surface area contributed by atoms with E-state index in [-0.39, 0.29) is 5.69 Å². The Kier molecular flexibility index (Phi) is 2.32. The van der Waals surface area contributed by atoms with Crippen LogP contribution in [0.2, 0.25) is 0 Å². The Morgan fingerprint density at radius 2 is 1.80 bits per heavy atom. The van der Waals surface area contributed by atoms with E-state index in [1.54, 1.807) is 0 Å². The van der Waals surface area contributed by atoms with Crippen molar-refractivity contribution in [3.05, 3.63) is 42.0 Å². The fourth-order valence-corrected chi connectivity index (χ4v) is 1.09. The van der Waals surface area contributed by atoms with Crippen LogP contribution in [0.15, 0.2) is 24.5 Å². The molecule has 0 fully saturated rings. The molecule has 6 heteroatoms. The van der Waals surface area contributed by atoms with Gasteiger partial charge >= 0.3 is 0 Å². The molecular formula is C9H6F3N3. The minimum absolute atomic E-state index is 0.143. The molecule has 0 bridgehead atoms. The van der Waals surface area contributed by atoms with Crippen LogP contribution in [0.5, 0.6) is 0 Å². The molecule has 0 unspecified atom stereocenters. The monoisotopic (exact) mass is 213 g/mol. The van der Waals surface area contributed by atoms with Gasteiger partial charge in [0.25, 0.3) is 0 Å². The predicted octanol–water partition coefficient (Wildman–Crippen LogP) is 2.57. The maximum Gasteiger partial charge on any atom is 0.161 e. The van der Waals surface area contributed by atoms with Crippen molar-refractivity contribution in [2.24, 2.45) is 0 Å². The molecule has 0 amide bonds. The largest absolute Gasteiger partial charge is 0.350 e. The zero-order chi connectivity index (χ0) is 10.8. The lowest BCUT2D eigenvalue weighted by Gasteiger charge is -2.05. The first-order valence-corrected chi connectivity index (χ1v) is 4.07. The van der Waals surface area contributed by atoms with Crippen molar-refractivity contribution in [1.82, 2.24) is 10.2 Å². The normalized spacial score (nSPS) is 10.3. The topological polar surface area (TPSA) is 40.7 Å². The summed E-state index contributed by atoms with van der Waals surface area (Å²) in [4.78, 5) is 0. The molecule has 0 aliphatic rings. The Labute approximate surface area is 82.9 Å². The van der Waals surface area contributed by atoms with E-state index >= 15 is 0 Å². The highest BCUT2D eigenvalue weighted by atomic mass is 19.2. The van der Waals surface area contributed by atoms with Crippen molar-refractivity contribution in [3.8, 4) is 0 Å². The average Bonchev–Trinajstić information content (AvgIpc) is 2.67. The SMILES string of the molecule is Fc1cc(F)c(Nc2cn[nH]c2)cc1F. The molecule has 3 nitrogen and oxygen atoms in total. The third-order valence-corrected chi connectivity index (χ3v) is 1.79. The van der Waals surface area contributed by atoms with Gasteiger partial charge in [0.2, 0.25) is 0 Å². The van der Waals surface area contributed by atoms with Crippen LogP contribution in [0, 0.1) is 17.5 Å². The number of H-pyrrole nitrogens is 1. The Balaban J connectivity index is 2.33. The number of nitrogens with zero attached hydrogens (tertiary/aromatic N) is 1. The number of nitrogens with one attached hydrogen (secondary N) is 2. The van der Waals surface area contributed by atoms with Gasteiger partial charge in [0.1, 0.15) is 5.82 Å². The molecular weight excluding hydrogens is 207 g/mol. The van der Waals surface area contributed by atoms with Crippen molar-refractivity contribution in [2.75, 3.05) is 5.32 Å². The second-order valence-electron chi connectivity index (χ2n) is 2.86. The molecule has 0 saturated carbocycles. The summed E-state index contributed by atoms with van der Waals surface area (Å²) in [7, 11) is 0. The summed E-state index contributed by atoms with van der Waals surface area (Å²) in [5.41, 5.74) is 0.315. The Morgan fingerprint density at radius 1 is 1.07 bits per heavy atom. The van der Waals surface area contributed by atoms with Crippen LogP contribution in [0.25, 0.3) is 0 Å². The molecule has 0 atom stereocenters. The minimum Gasteiger partial charge on any atom is -0.350 e. The van der Waals surface area contributed by atoms with Gasteiger partial charge in [0.05, 0.1) is 17.6 Å². The lowest BCUT2D eigenvalue weighted by Crippen LogP contribution is -1.96. The van der Waals surface area contributed by atoms with E-state index in [0.29, 0.717) is 11.8 Å². The molecule has 0 aliphatic carbocycles. The third kappa shape index (κ3) is 1.93. The zero-order valence-electron chi connectivity index (χ0n) is 7.39. The van der Waals surface area contributed by atoms with Crippen LogP contribution < -0.4 is 5.32 Å². The zero-order valence-corrected chi connectivity index (χ0v) is 7.39. The molecule has 0 saturated heterocycles. The van der Waals surface area contributed by atoms with Gasteiger partial charge in [-0.05, 0) is 0 Å². The summed E-state index contributed by atoms with van der Waals surface area (Å²) in [5.74, 6) is -3.19. The molecule has 2 N–H and O–H groups in total. The Morgan fingerprint density at radius 3 is 2.47 bits per heavy atom. The molecule has 0 radical (unpaired) electrons. The summed E-state index contributed by atoms with van der Waals surface area (Å²) >= 11 is 0. The lowest BCUT2D eigenvalue weighted by atomic mass is 10.2. The third-order valence-electron chi connectivity index (χ3n) is 1.79. The summed E-state index contributed by atoms with van der Waals surface area (Å²) in [5, 5.41) is 8.65. The fourth-order valence-electron chi connectivity index (χ4n) is 1.09. The molecule has 2 rings (SSSR count). The number of aromatic nitrogens is 2. The van der Waals surface area contributed by atoms with Gasteiger partial charge < -0.3 is 5.32 Å². The highest BCUT2D eigenvalue weighted by molar-refractivity contribution is 5.58. The maximum absolute atomic E-state index is 13.1. The molecule has 2 aromatic rings. The van der Waals surface area contributed by atoms with E-state index in [0.717, 1.165) is 6.07 Å². The first kappa shape index (κ1) is 9.57. The summed E-state index contributed by atoms with van der Waals surface area (Å²) in [6, 6.07) is 1.23. The lowest BCUT2D eigenvalue weighted by molar-refractivity contribution is 0.496. The van der Waals surface area contributed by atoms with E-state index in [1.165, 1.54) is 12.4 Å². The van der Waals surface area contributed by atoms with Gasteiger partial charge in [0, 0.05) is 18.3 Å². The highest BCUT2D eigenvalue weighted by Gasteiger charge is 2.09. The minimum atomic E-state index is -1.22. The Bertz CT molecular complexity index is 468. The van der Waals surface area contributed by atoms with Gasteiger partial charge in [-0.1, -0.05) is 0 Å². The van der Waals surface area contributed by atoms with E-state index in [4.69, 9.17) is 0 Å². The van der Waals surface area contributed by atoms with Gasteiger partial charge in [-0.15, -0.1) is 0 Å². The van der Waals surface area contributed by atoms with Gasteiger partial charge in [-0.25, -0.2) is 13.2 Å². The fraction of sp³-hybridized carbons (Fsp3) is 0. The second kappa shape index (κ2) is 3.64. The molecule has 1 heterocycles. The summed E-state index contributed by atoms with van der Waals surface area (Å²) in [6.45, 7) is 0. The highest BCUT2D eigenvalue weighted by Crippen LogP contribution is 2.21. The van der Waals surface area contributed by atoms with E-state index in [2.05, 4.69) is 15.5 Å². The summed E-state index contributed by atoms with van der Waals surface area (Å²) in [6.07, 6.45) is 2.85. The number of anilines is 2. The van der Waals surface area contributed by atoms with Crippen LogP contribution in [0.3, 0.4) is 0 Å². The van der Waals surface area contributed by atoms with Crippen molar-refractivity contribution in [1.29, 1.82) is 0 Å². The smallest absolute Gasteiger partial charge is 0.161 e. The van der Waals surface area contributed by atoms with E-state index in [1.807, 2.05) is 0 Å². The number of rotatable bonds is 2. The first-order chi connectivity index (χ1) is 7.16. The van der Waals surface area contributed by atoms with Crippen molar-refractivity contribution in [3.63, 3.8) is 0 Å². The second-order valence-corrected chi connectivity index (χ2v) is 2.86. The van der Waals surface area contributed by atoms with Crippen molar-refractivity contribution in [2.45, 2.75) is 0 Å². The first-order valence-electron chi connectivity index (χ1n) is 4.07. The van der Waals surface area contributed by atoms with Crippen LogP contribution in [-0.2, 0) is 0 Å². The summed E-state index contributed by atoms with van der Waals surface area (Å²) < 4.78 is 38.5. The molecule has 15 heavy (non-hydrogen) atoms. The predicted molar refractivity (Wildman–Crippen MR) is 48.2 cm³/mol. The number of hydrogen-bond donors (Lipinski definition) is 2. The number of aromatic amines is 1. The Hall–Kier alpha value is -1.98. The van der Waals surface area contributed by atoms with Crippen LogP contribution in [-0.4, -0.2) is 10.2 Å². The van der Waals surface area contributed by atoms with Crippen LogP contribution >= 0.6 is 0 Å². The standard InChI is InChI=1S/C9H6F3N3/c10-6-1-8(12)9(2-7(6)11)15-5-3-13-14-4-5/h1-4,15H,(H,13,14). The molecule has 0 aliphatic heterocycles. The molecule has 0 spiro atoms. The van der Waals surface area contributed by atoms with Crippen LogP contribution in [0.1, 0.15) is 0 Å². The van der Waals surface area contributed by atoms with Gasteiger partial charge in [-0.3, -0.25) is 5.10 Å². The average molecular weight is 213 g/mol. The van der Waals surface area contributed by atoms with Crippen LogP contribution in [0.4, 0.5) is 24.5 Å². The maximum atomic E-state index is 13.1. The van der Waals surface area contributed by atoms with Crippen molar-refractivity contribution < 1.29 is 13.2 Å². The molecule has 1 aromatic heterocycles. The molecule has 78 valence electrons.